The maximum absolute atomic E-state index is 14.5. The van der Waals surface area contributed by atoms with E-state index in [0.29, 0.717) is 42.8 Å². The van der Waals surface area contributed by atoms with Crippen LogP contribution in [0.25, 0.3) is 33.2 Å². The van der Waals surface area contributed by atoms with Gasteiger partial charge in [-0.25, -0.2) is 14.2 Å². The van der Waals surface area contributed by atoms with Crippen molar-refractivity contribution in [3.63, 3.8) is 0 Å². The first-order valence-corrected chi connectivity index (χ1v) is 10.6. The van der Waals surface area contributed by atoms with E-state index < -0.39 is 17.8 Å². The number of rotatable bonds is 3. The molecule has 34 heavy (non-hydrogen) atoms. The van der Waals surface area contributed by atoms with Crippen LogP contribution in [0.5, 0.6) is 0 Å². The number of pyridine rings is 1. The summed E-state index contributed by atoms with van der Waals surface area (Å²) in [6.07, 6.45) is 0. The Morgan fingerprint density at radius 1 is 1.00 bits per heavy atom. The van der Waals surface area contributed by atoms with Crippen LogP contribution >= 0.6 is 0 Å². The Balaban J connectivity index is 1.79. The molecule has 0 radical (unpaired) electrons. The maximum Gasteiger partial charge on any atom is 0.324 e. The van der Waals surface area contributed by atoms with Crippen molar-refractivity contribution >= 4 is 39.8 Å². The summed E-state index contributed by atoms with van der Waals surface area (Å²) in [5.74, 6) is -1.58. The number of primary amides is 2. The van der Waals surface area contributed by atoms with E-state index in [2.05, 4.69) is 4.98 Å². The molecule has 3 amide bonds. The molecule has 1 saturated heterocycles. The van der Waals surface area contributed by atoms with Gasteiger partial charge in [0.05, 0.1) is 41.0 Å². The zero-order valence-electron chi connectivity index (χ0n) is 18.0. The van der Waals surface area contributed by atoms with Gasteiger partial charge in [0.2, 0.25) is 0 Å². The van der Waals surface area contributed by atoms with Crippen molar-refractivity contribution in [1.82, 2.24) is 14.5 Å². The number of nitrogens with zero attached hydrogens (tertiary/aromatic N) is 3. The molecule has 0 saturated carbocycles. The van der Waals surface area contributed by atoms with Crippen LogP contribution in [0.2, 0.25) is 0 Å². The van der Waals surface area contributed by atoms with Crippen LogP contribution in [0.3, 0.4) is 0 Å². The van der Waals surface area contributed by atoms with E-state index in [-0.39, 0.29) is 33.8 Å². The highest BCUT2D eigenvalue weighted by atomic mass is 19.1. The van der Waals surface area contributed by atoms with Crippen LogP contribution in [-0.4, -0.2) is 58.6 Å². The van der Waals surface area contributed by atoms with Gasteiger partial charge in [-0.3, -0.25) is 14.2 Å². The van der Waals surface area contributed by atoms with Crippen molar-refractivity contribution in [3.8, 4) is 11.3 Å². The van der Waals surface area contributed by atoms with Gasteiger partial charge < -0.3 is 21.1 Å². The molecule has 4 N–H and O–H groups in total. The Hall–Kier alpha value is -4.31. The van der Waals surface area contributed by atoms with Crippen LogP contribution < -0.4 is 11.5 Å². The summed E-state index contributed by atoms with van der Waals surface area (Å²) >= 11 is 0. The summed E-state index contributed by atoms with van der Waals surface area (Å²) < 4.78 is 20.9. The molecule has 172 valence electrons. The van der Waals surface area contributed by atoms with Gasteiger partial charge in [-0.2, -0.15) is 0 Å². The average Bonchev–Trinajstić information content (AvgIpc) is 3.17. The summed E-state index contributed by atoms with van der Waals surface area (Å²) in [6.45, 7) is 1.80. The van der Waals surface area contributed by atoms with Crippen LogP contribution in [0.15, 0.2) is 48.5 Å². The number of hydrogen-bond donors (Lipinski definition) is 2. The highest BCUT2D eigenvalue weighted by Crippen LogP contribution is 2.34. The molecule has 0 unspecified atom stereocenters. The quantitative estimate of drug-likeness (QED) is 0.484. The number of aromatic nitrogens is 2. The Kier molecular flexibility index (Phi) is 5.21. The number of morpholine rings is 1. The van der Waals surface area contributed by atoms with E-state index in [9.17, 15) is 18.8 Å². The average molecular weight is 461 g/mol. The molecule has 0 spiro atoms. The number of amides is 3. The van der Waals surface area contributed by atoms with Gasteiger partial charge >= 0.3 is 6.03 Å². The monoisotopic (exact) mass is 461 g/mol. The lowest BCUT2D eigenvalue weighted by molar-refractivity contribution is 0.0303. The number of fused-ring (bicyclic) bond motifs is 3. The lowest BCUT2D eigenvalue weighted by Crippen LogP contribution is -2.40. The Morgan fingerprint density at radius 3 is 2.41 bits per heavy atom. The predicted octanol–water partition coefficient (Wildman–Crippen LogP) is 2.49. The third kappa shape index (κ3) is 3.44. The number of ether oxygens (including phenoxy) is 1. The van der Waals surface area contributed by atoms with E-state index in [1.165, 1.54) is 24.3 Å². The first kappa shape index (κ1) is 21.5. The Bertz CT molecular complexity index is 1490. The molecule has 4 aromatic rings. The van der Waals surface area contributed by atoms with Crippen LogP contribution in [0.4, 0.5) is 9.18 Å². The van der Waals surface area contributed by atoms with Crippen molar-refractivity contribution in [2.75, 3.05) is 26.3 Å². The molecule has 1 aliphatic rings. The smallest absolute Gasteiger partial charge is 0.324 e. The van der Waals surface area contributed by atoms with E-state index >= 15 is 0 Å². The zero-order valence-corrected chi connectivity index (χ0v) is 18.0. The molecule has 1 fully saturated rings. The normalized spacial score (nSPS) is 14.0. The van der Waals surface area contributed by atoms with Crippen LogP contribution in [-0.2, 0) is 4.74 Å². The molecule has 0 bridgehead atoms. The second-order valence-corrected chi connectivity index (χ2v) is 7.91. The summed E-state index contributed by atoms with van der Waals surface area (Å²) in [5.41, 5.74) is 12.6. The summed E-state index contributed by atoms with van der Waals surface area (Å²) in [5, 5.41) is 0.466. The molecule has 9 nitrogen and oxygen atoms in total. The van der Waals surface area contributed by atoms with Crippen molar-refractivity contribution < 1.29 is 23.5 Å². The third-order valence-corrected chi connectivity index (χ3v) is 5.89. The van der Waals surface area contributed by atoms with Gasteiger partial charge in [-0.15, -0.1) is 0 Å². The predicted molar refractivity (Wildman–Crippen MR) is 123 cm³/mol. The van der Waals surface area contributed by atoms with Crippen LogP contribution in [0, 0.1) is 5.82 Å². The first-order valence-electron chi connectivity index (χ1n) is 10.6. The second kappa shape index (κ2) is 8.23. The molecule has 2 aromatic carbocycles. The number of hydrogen-bond acceptors (Lipinski definition) is 5. The molecule has 1 aliphatic heterocycles. The van der Waals surface area contributed by atoms with Crippen molar-refractivity contribution in [2.24, 2.45) is 11.5 Å². The largest absolute Gasteiger partial charge is 0.378 e. The second-order valence-electron chi connectivity index (χ2n) is 7.91. The van der Waals surface area contributed by atoms with Crippen molar-refractivity contribution in [3.05, 3.63) is 65.5 Å². The highest BCUT2D eigenvalue weighted by molar-refractivity contribution is 6.18. The van der Waals surface area contributed by atoms with Crippen LogP contribution in [0.1, 0.15) is 20.7 Å². The Morgan fingerprint density at radius 2 is 1.74 bits per heavy atom. The standard InChI is InChI=1S/C24H20FN5O4/c25-17-4-2-1-3-14(17)18-12-16(22(26)31)21-20(28-18)15-6-5-13(11-19(15)30(21)24(27)33)23(32)29-7-9-34-10-8-29/h1-6,11-12H,7-10H2,(H2,26,31)(H2,27,33). The number of halogens is 1. The summed E-state index contributed by atoms with van der Waals surface area (Å²) in [7, 11) is 0. The number of nitrogens with two attached hydrogens (primary N) is 2. The summed E-state index contributed by atoms with van der Waals surface area (Å²) in [4.78, 5) is 44.1. The van der Waals surface area contributed by atoms with Gasteiger partial charge in [0.15, 0.2) is 0 Å². The van der Waals surface area contributed by atoms with E-state index in [4.69, 9.17) is 16.2 Å². The Labute approximate surface area is 192 Å². The van der Waals surface area contributed by atoms with E-state index in [0.717, 1.165) is 4.57 Å². The minimum atomic E-state index is -0.876. The lowest BCUT2D eigenvalue weighted by Gasteiger charge is -2.26. The molecule has 0 atom stereocenters. The fourth-order valence-electron chi connectivity index (χ4n) is 4.30. The minimum absolute atomic E-state index is 0.0423. The van der Waals surface area contributed by atoms with Crippen molar-refractivity contribution in [2.45, 2.75) is 0 Å². The van der Waals surface area contributed by atoms with Gasteiger partial charge in [-0.1, -0.05) is 12.1 Å². The lowest BCUT2D eigenvalue weighted by atomic mass is 10.1. The van der Waals surface area contributed by atoms with Gasteiger partial charge in [0.1, 0.15) is 5.82 Å². The molecule has 5 rings (SSSR count). The van der Waals surface area contributed by atoms with E-state index in [1.54, 1.807) is 29.2 Å². The zero-order chi connectivity index (χ0) is 24.0. The SMILES string of the molecule is NC(=O)c1cc(-c2ccccc2F)nc2c3ccc(C(=O)N4CCOCC4)cc3n(C(N)=O)c12. The molecular formula is C24H20FN5O4. The molecule has 2 aromatic heterocycles. The van der Waals surface area contributed by atoms with Gasteiger partial charge in [0, 0.05) is 29.6 Å². The van der Waals surface area contributed by atoms with Gasteiger partial charge in [0.25, 0.3) is 11.8 Å². The fraction of sp³-hybridized carbons (Fsp3) is 0.167. The third-order valence-electron chi connectivity index (χ3n) is 5.89. The van der Waals surface area contributed by atoms with Gasteiger partial charge in [-0.05, 0) is 36.4 Å². The molecule has 0 aliphatic carbocycles. The maximum atomic E-state index is 14.5. The topological polar surface area (TPSA) is 134 Å². The number of benzene rings is 2. The number of carbonyl (C=O) groups excluding carboxylic acids is 3. The summed E-state index contributed by atoms with van der Waals surface area (Å²) in [6, 6.07) is 11.2. The minimum Gasteiger partial charge on any atom is -0.378 e. The molecular weight excluding hydrogens is 441 g/mol. The number of carbonyl (C=O) groups is 3. The highest BCUT2D eigenvalue weighted by Gasteiger charge is 2.25. The van der Waals surface area contributed by atoms with Crippen molar-refractivity contribution in [1.29, 1.82) is 0 Å². The molecule has 3 heterocycles. The first-order chi connectivity index (χ1) is 16.4. The molecule has 10 heteroatoms. The van der Waals surface area contributed by atoms with E-state index in [1.807, 2.05) is 0 Å². The fourth-order valence-corrected chi connectivity index (χ4v) is 4.30.